The summed E-state index contributed by atoms with van der Waals surface area (Å²) in [4.78, 5) is 0.0324. The van der Waals surface area contributed by atoms with Gasteiger partial charge in [-0.15, -0.1) is 0 Å². The molecule has 0 spiro atoms. The predicted octanol–water partition coefficient (Wildman–Crippen LogP) is 0.742. The molecule has 0 saturated heterocycles. The third-order valence-electron chi connectivity index (χ3n) is 3.32. The van der Waals surface area contributed by atoms with Crippen LogP contribution in [0.4, 0.5) is 0 Å². The molecule has 1 atom stereocenters. The first-order valence-electron chi connectivity index (χ1n) is 7.29. The molecule has 7 nitrogen and oxygen atoms in total. The Balaban J connectivity index is 1.70. The Kier molecular flexibility index (Phi) is 6.16. The second-order valence-electron chi connectivity index (χ2n) is 5.18. The predicted molar refractivity (Wildman–Crippen MR) is 89.2 cm³/mol. The van der Waals surface area contributed by atoms with Crippen LogP contribution in [0.1, 0.15) is 11.7 Å². The van der Waals surface area contributed by atoms with E-state index in [1.165, 1.54) is 36.4 Å². The molecule has 0 aliphatic carbocycles. The summed E-state index contributed by atoms with van der Waals surface area (Å²) in [5.41, 5.74) is 0.708. The maximum Gasteiger partial charge on any atom is 0.238 e. The lowest BCUT2D eigenvalue weighted by Crippen LogP contribution is -2.26. The molecule has 8 heteroatoms. The molecular formula is C16H20N2O5S. The number of rotatable bonds is 8. The van der Waals surface area contributed by atoms with Crippen LogP contribution >= 0.6 is 0 Å². The first-order chi connectivity index (χ1) is 11.4. The molecule has 0 aliphatic heterocycles. The van der Waals surface area contributed by atoms with Crippen LogP contribution in [0.5, 0.6) is 11.5 Å². The van der Waals surface area contributed by atoms with E-state index in [9.17, 15) is 18.6 Å². The van der Waals surface area contributed by atoms with E-state index in [4.69, 9.17) is 9.88 Å². The zero-order valence-electron chi connectivity index (χ0n) is 12.9. The van der Waals surface area contributed by atoms with Gasteiger partial charge in [-0.3, -0.25) is 0 Å². The summed E-state index contributed by atoms with van der Waals surface area (Å²) >= 11 is 0. The lowest BCUT2D eigenvalue weighted by molar-refractivity contribution is 0.172. The maximum atomic E-state index is 11.1. The van der Waals surface area contributed by atoms with Gasteiger partial charge in [0.15, 0.2) is 0 Å². The number of nitrogens with two attached hydrogens (primary N) is 1. The smallest absolute Gasteiger partial charge is 0.238 e. The molecule has 0 aliphatic rings. The van der Waals surface area contributed by atoms with Crippen LogP contribution < -0.4 is 15.2 Å². The van der Waals surface area contributed by atoms with Crippen molar-refractivity contribution in [1.29, 1.82) is 0 Å². The lowest BCUT2D eigenvalue weighted by atomic mass is 10.1. The fraction of sp³-hybridized carbons (Fsp3) is 0.250. The van der Waals surface area contributed by atoms with Crippen molar-refractivity contribution in [2.75, 3.05) is 19.7 Å². The van der Waals surface area contributed by atoms with Crippen molar-refractivity contribution in [2.24, 2.45) is 5.14 Å². The third-order valence-corrected chi connectivity index (χ3v) is 4.24. The molecule has 0 saturated carbocycles. The number of nitrogens with one attached hydrogen (secondary N) is 1. The van der Waals surface area contributed by atoms with Gasteiger partial charge >= 0.3 is 0 Å². The monoisotopic (exact) mass is 352 g/mol. The molecule has 0 aromatic heterocycles. The van der Waals surface area contributed by atoms with Gasteiger partial charge in [0.25, 0.3) is 0 Å². The topological polar surface area (TPSA) is 122 Å². The van der Waals surface area contributed by atoms with Crippen molar-refractivity contribution < 1.29 is 23.4 Å². The fourth-order valence-electron chi connectivity index (χ4n) is 2.02. The fourth-order valence-corrected chi connectivity index (χ4v) is 2.54. The minimum Gasteiger partial charge on any atom is -0.508 e. The van der Waals surface area contributed by atoms with E-state index in [0.29, 0.717) is 31.0 Å². The van der Waals surface area contributed by atoms with Gasteiger partial charge in [-0.25, -0.2) is 13.6 Å². The number of primary sulfonamides is 1. The van der Waals surface area contributed by atoms with Crippen LogP contribution in [0, 0.1) is 0 Å². The van der Waals surface area contributed by atoms with E-state index >= 15 is 0 Å². The minimum absolute atomic E-state index is 0.0324. The molecule has 24 heavy (non-hydrogen) atoms. The van der Waals surface area contributed by atoms with E-state index in [0.717, 1.165) is 0 Å². The quantitative estimate of drug-likeness (QED) is 0.520. The third kappa shape index (κ3) is 5.50. The number of sulfonamides is 1. The molecule has 5 N–H and O–H groups in total. The Hall–Kier alpha value is -2.13. The Morgan fingerprint density at radius 2 is 1.71 bits per heavy atom. The van der Waals surface area contributed by atoms with Crippen molar-refractivity contribution in [3.05, 3.63) is 54.1 Å². The van der Waals surface area contributed by atoms with Gasteiger partial charge < -0.3 is 20.3 Å². The summed E-state index contributed by atoms with van der Waals surface area (Å²) in [6.45, 7) is 1.21. The highest BCUT2D eigenvalue weighted by molar-refractivity contribution is 7.89. The Morgan fingerprint density at radius 1 is 1.08 bits per heavy atom. The number of phenols is 1. The zero-order chi connectivity index (χ0) is 17.6. The average molecular weight is 352 g/mol. The van der Waals surface area contributed by atoms with Crippen molar-refractivity contribution in [3.63, 3.8) is 0 Å². The molecule has 1 unspecified atom stereocenters. The van der Waals surface area contributed by atoms with E-state index in [2.05, 4.69) is 5.32 Å². The highest BCUT2D eigenvalue weighted by Gasteiger charge is 2.08. The van der Waals surface area contributed by atoms with Gasteiger partial charge in [0.1, 0.15) is 18.1 Å². The van der Waals surface area contributed by atoms with Crippen LogP contribution in [0.25, 0.3) is 0 Å². The highest BCUT2D eigenvalue weighted by atomic mass is 32.2. The molecule has 2 rings (SSSR count). The Labute approximate surface area is 140 Å². The molecule has 0 radical (unpaired) electrons. The number of aliphatic hydroxyl groups is 1. The number of hydrogen-bond donors (Lipinski definition) is 4. The summed E-state index contributed by atoms with van der Waals surface area (Å²) in [7, 11) is -3.70. The number of aromatic hydroxyl groups is 1. The summed E-state index contributed by atoms with van der Waals surface area (Å²) in [5.74, 6) is 0.684. The normalized spacial score (nSPS) is 12.8. The van der Waals surface area contributed by atoms with Gasteiger partial charge in [-0.2, -0.15) is 0 Å². The van der Waals surface area contributed by atoms with E-state index in [-0.39, 0.29) is 10.6 Å². The van der Waals surface area contributed by atoms with Gasteiger partial charge in [0, 0.05) is 13.1 Å². The van der Waals surface area contributed by atoms with E-state index in [1.54, 1.807) is 12.1 Å². The molecule has 2 aromatic carbocycles. The Bertz CT molecular complexity index is 745. The first-order valence-corrected chi connectivity index (χ1v) is 8.84. The minimum atomic E-state index is -3.70. The van der Waals surface area contributed by atoms with E-state index in [1.807, 2.05) is 0 Å². The van der Waals surface area contributed by atoms with Crippen molar-refractivity contribution in [2.45, 2.75) is 11.0 Å². The summed E-state index contributed by atoms with van der Waals surface area (Å²) < 4.78 is 27.7. The van der Waals surface area contributed by atoms with Crippen LogP contribution in [0.15, 0.2) is 53.4 Å². The van der Waals surface area contributed by atoms with Crippen LogP contribution in [0.3, 0.4) is 0 Å². The second kappa shape index (κ2) is 8.11. The SMILES string of the molecule is NS(=O)(=O)c1ccc(OCCNCC(O)c2ccc(O)cc2)cc1. The van der Waals surface area contributed by atoms with Gasteiger partial charge in [0.05, 0.1) is 11.0 Å². The molecule has 130 valence electrons. The first kappa shape index (κ1) is 18.2. The average Bonchev–Trinajstić information content (AvgIpc) is 2.54. The van der Waals surface area contributed by atoms with Crippen molar-refractivity contribution in [1.82, 2.24) is 5.32 Å². The summed E-state index contributed by atoms with van der Waals surface area (Å²) in [6, 6.07) is 12.2. The number of aliphatic hydroxyl groups excluding tert-OH is 1. The molecule has 0 fully saturated rings. The van der Waals surface area contributed by atoms with E-state index < -0.39 is 16.1 Å². The lowest BCUT2D eigenvalue weighted by Gasteiger charge is -2.13. The zero-order valence-corrected chi connectivity index (χ0v) is 13.7. The van der Waals surface area contributed by atoms with Crippen molar-refractivity contribution >= 4 is 10.0 Å². The maximum absolute atomic E-state index is 11.1. The van der Waals surface area contributed by atoms with Crippen molar-refractivity contribution in [3.8, 4) is 11.5 Å². The molecule has 0 bridgehead atoms. The van der Waals surface area contributed by atoms with Crippen LogP contribution in [-0.2, 0) is 10.0 Å². The van der Waals surface area contributed by atoms with Crippen LogP contribution in [0.2, 0.25) is 0 Å². The Morgan fingerprint density at radius 3 is 2.29 bits per heavy atom. The van der Waals surface area contributed by atoms with Gasteiger partial charge in [-0.1, -0.05) is 12.1 Å². The standard InChI is InChI=1S/C16H20N2O5S/c17-24(21,22)15-7-5-14(6-8-15)23-10-9-18-11-16(20)12-1-3-13(19)4-2-12/h1-8,16,18-20H,9-11H2,(H2,17,21,22). The molecule has 0 amide bonds. The number of benzene rings is 2. The van der Waals surface area contributed by atoms with Gasteiger partial charge in [0.2, 0.25) is 10.0 Å². The number of hydrogen-bond acceptors (Lipinski definition) is 6. The van der Waals surface area contributed by atoms with Gasteiger partial charge in [-0.05, 0) is 42.0 Å². The van der Waals surface area contributed by atoms with Crippen LogP contribution in [-0.4, -0.2) is 38.3 Å². The molecular weight excluding hydrogens is 332 g/mol. The molecule has 2 aromatic rings. The number of phenolic OH excluding ortho intramolecular Hbond substituents is 1. The summed E-state index contributed by atoms with van der Waals surface area (Å²) in [5, 5.41) is 27.2. The largest absolute Gasteiger partial charge is 0.508 e. The second-order valence-corrected chi connectivity index (χ2v) is 6.74. The summed E-state index contributed by atoms with van der Waals surface area (Å²) in [6.07, 6.45) is -0.681. The molecule has 0 heterocycles. The highest BCUT2D eigenvalue weighted by Crippen LogP contribution is 2.16. The number of ether oxygens (including phenoxy) is 1.